The quantitative estimate of drug-likeness (QED) is 0.810. The van der Waals surface area contributed by atoms with Crippen molar-refractivity contribution >= 4 is 11.6 Å². The molecule has 17 heavy (non-hydrogen) atoms. The maximum atomic E-state index is 11.2. The minimum Gasteiger partial charge on any atom is -0.389 e. The molecule has 0 bridgehead atoms. The van der Waals surface area contributed by atoms with Gasteiger partial charge in [0.15, 0.2) is 0 Å². The van der Waals surface area contributed by atoms with Gasteiger partial charge in [-0.15, -0.1) is 0 Å². The number of benzene rings is 1. The second-order valence-corrected chi connectivity index (χ2v) is 4.08. The van der Waals surface area contributed by atoms with Crippen LogP contribution < -0.4 is 10.2 Å². The van der Waals surface area contributed by atoms with E-state index in [4.69, 9.17) is 0 Å². The van der Waals surface area contributed by atoms with Gasteiger partial charge in [-0.2, -0.15) is 0 Å². The van der Waals surface area contributed by atoms with Crippen molar-refractivity contribution in [3.63, 3.8) is 0 Å². The minimum absolute atomic E-state index is 0.0198. The van der Waals surface area contributed by atoms with E-state index in [1.165, 1.54) is 0 Å². The van der Waals surface area contributed by atoms with Crippen LogP contribution in [0, 0.1) is 0 Å². The molecule has 2 N–H and O–H groups in total. The first-order valence-electron chi connectivity index (χ1n) is 5.75. The molecule has 0 fully saturated rings. The van der Waals surface area contributed by atoms with Crippen molar-refractivity contribution in [2.24, 2.45) is 0 Å². The molecule has 0 heterocycles. The van der Waals surface area contributed by atoms with Crippen LogP contribution in [0.15, 0.2) is 24.3 Å². The normalized spacial score (nSPS) is 12.0. The summed E-state index contributed by atoms with van der Waals surface area (Å²) in [4.78, 5) is 13.2. The third-order valence-corrected chi connectivity index (χ3v) is 2.75. The number of amides is 1. The molecule has 4 nitrogen and oxygen atoms in total. The highest BCUT2D eigenvalue weighted by Gasteiger charge is 2.11. The molecule has 0 radical (unpaired) electrons. The molecule has 1 aromatic rings. The molecule has 0 aromatic heterocycles. The molecule has 4 heteroatoms. The highest BCUT2D eigenvalue weighted by Crippen LogP contribution is 2.25. The maximum Gasteiger partial charge on any atom is 0.221 e. The van der Waals surface area contributed by atoms with E-state index in [0.717, 1.165) is 11.3 Å². The summed E-state index contributed by atoms with van der Waals surface area (Å²) in [6, 6.07) is 7.68. The van der Waals surface area contributed by atoms with E-state index in [-0.39, 0.29) is 5.91 Å². The summed E-state index contributed by atoms with van der Waals surface area (Å²) < 4.78 is 0. The summed E-state index contributed by atoms with van der Waals surface area (Å²) in [6.07, 6.45) is -0.0603. The first kappa shape index (κ1) is 13.5. The Kier molecular flexibility index (Phi) is 4.97. The van der Waals surface area contributed by atoms with Crippen molar-refractivity contribution < 1.29 is 9.90 Å². The van der Waals surface area contributed by atoms with Crippen LogP contribution in [0.5, 0.6) is 0 Å². The molecule has 94 valence electrons. The predicted molar refractivity (Wildman–Crippen MR) is 69.0 cm³/mol. The van der Waals surface area contributed by atoms with Gasteiger partial charge in [-0.3, -0.25) is 4.79 Å². The highest BCUT2D eigenvalue weighted by molar-refractivity contribution is 5.76. The van der Waals surface area contributed by atoms with Gasteiger partial charge in [0.05, 0.1) is 6.10 Å². The third-order valence-electron chi connectivity index (χ3n) is 2.75. The minimum atomic E-state index is -0.506. The van der Waals surface area contributed by atoms with E-state index in [1.54, 1.807) is 14.0 Å². The largest absolute Gasteiger partial charge is 0.389 e. The Morgan fingerprint density at radius 3 is 2.71 bits per heavy atom. The zero-order chi connectivity index (χ0) is 12.8. The van der Waals surface area contributed by atoms with E-state index < -0.39 is 6.10 Å². The van der Waals surface area contributed by atoms with Crippen molar-refractivity contribution in [1.82, 2.24) is 5.32 Å². The molecule has 1 unspecified atom stereocenters. The van der Waals surface area contributed by atoms with Gasteiger partial charge in [-0.05, 0) is 13.0 Å². The van der Waals surface area contributed by atoms with E-state index in [0.29, 0.717) is 13.0 Å². The Bertz CT molecular complexity index is 377. The lowest BCUT2D eigenvalue weighted by Crippen LogP contribution is -2.27. The van der Waals surface area contributed by atoms with Gasteiger partial charge in [0, 0.05) is 38.3 Å². The molecular weight excluding hydrogens is 216 g/mol. The number of aliphatic hydroxyl groups excluding tert-OH is 1. The highest BCUT2D eigenvalue weighted by atomic mass is 16.3. The Labute approximate surface area is 102 Å². The Morgan fingerprint density at radius 1 is 1.47 bits per heavy atom. The standard InChI is InChI=1S/C13H20N2O2/c1-10(16)11-6-4-5-7-12(11)15(3)9-8-13(17)14-2/h4-7,10,16H,8-9H2,1-3H3,(H,14,17). The summed E-state index contributed by atoms with van der Waals surface area (Å²) in [5.74, 6) is 0.0198. The van der Waals surface area contributed by atoms with Gasteiger partial charge >= 0.3 is 0 Å². The Morgan fingerprint density at radius 2 is 2.12 bits per heavy atom. The average molecular weight is 236 g/mol. The van der Waals surface area contributed by atoms with Crippen molar-refractivity contribution in [3.8, 4) is 0 Å². The van der Waals surface area contributed by atoms with Crippen LogP contribution in [0.2, 0.25) is 0 Å². The number of hydrogen-bond donors (Lipinski definition) is 2. The van der Waals surface area contributed by atoms with E-state index in [2.05, 4.69) is 5.32 Å². The zero-order valence-corrected chi connectivity index (χ0v) is 10.6. The Balaban J connectivity index is 2.74. The zero-order valence-electron chi connectivity index (χ0n) is 10.6. The van der Waals surface area contributed by atoms with Crippen LogP contribution in [0.3, 0.4) is 0 Å². The fourth-order valence-corrected chi connectivity index (χ4v) is 1.70. The van der Waals surface area contributed by atoms with Crippen LogP contribution in [-0.2, 0) is 4.79 Å². The van der Waals surface area contributed by atoms with Gasteiger partial charge < -0.3 is 15.3 Å². The monoisotopic (exact) mass is 236 g/mol. The molecule has 1 amide bonds. The molecule has 0 saturated heterocycles. The number of rotatable bonds is 5. The summed E-state index contributed by atoms with van der Waals surface area (Å²) in [6.45, 7) is 2.37. The smallest absolute Gasteiger partial charge is 0.221 e. The van der Waals surface area contributed by atoms with E-state index in [9.17, 15) is 9.90 Å². The molecule has 1 aromatic carbocycles. The van der Waals surface area contributed by atoms with Crippen LogP contribution in [0.25, 0.3) is 0 Å². The second kappa shape index (κ2) is 6.25. The number of hydrogen-bond acceptors (Lipinski definition) is 3. The fourth-order valence-electron chi connectivity index (χ4n) is 1.70. The van der Waals surface area contributed by atoms with Crippen molar-refractivity contribution in [3.05, 3.63) is 29.8 Å². The first-order chi connectivity index (χ1) is 8.06. The number of anilines is 1. The lowest BCUT2D eigenvalue weighted by Gasteiger charge is -2.23. The molecule has 0 aliphatic rings. The lowest BCUT2D eigenvalue weighted by molar-refractivity contribution is -0.120. The van der Waals surface area contributed by atoms with Crippen LogP contribution in [0.1, 0.15) is 25.0 Å². The number of nitrogens with one attached hydrogen (secondary N) is 1. The van der Waals surface area contributed by atoms with E-state index in [1.807, 2.05) is 36.2 Å². The molecule has 0 saturated carbocycles. The van der Waals surface area contributed by atoms with Gasteiger partial charge in [-0.1, -0.05) is 18.2 Å². The van der Waals surface area contributed by atoms with Gasteiger partial charge in [-0.25, -0.2) is 0 Å². The number of nitrogens with zero attached hydrogens (tertiary/aromatic N) is 1. The van der Waals surface area contributed by atoms with Crippen molar-refractivity contribution in [1.29, 1.82) is 0 Å². The molecular formula is C13H20N2O2. The maximum absolute atomic E-state index is 11.2. The van der Waals surface area contributed by atoms with Crippen molar-refractivity contribution in [2.75, 3.05) is 25.5 Å². The third kappa shape index (κ3) is 3.75. The predicted octanol–water partition coefficient (Wildman–Crippen LogP) is 1.31. The van der Waals surface area contributed by atoms with Crippen LogP contribution in [0.4, 0.5) is 5.69 Å². The number of carbonyl (C=O) groups excluding carboxylic acids is 1. The fraction of sp³-hybridized carbons (Fsp3) is 0.462. The summed E-state index contributed by atoms with van der Waals surface area (Å²) in [7, 11) is 3.55. The molecule has 1 atom stereocenters. The van der Waals surface area contributed by atoms with E-state index >= 15 is 0 Å². The van der Waals surface area contributed by atoms with Gasteiger partial charge in [0.25, 0.3) is 0 Å². The van der Waals surface area contributed by atoms with Gasteiger partial charge in [0.2, 0.25) is 5.91 Å². The summed E-state index contributed by atoms with van der Waals surface area (Å²) >= 11 is 0. The topological polar surface area (TPSA) is 52.6 Å². The van der Waals surface area contributed by atoms with Gasteiger partial charge in [0.1, 0.15) is 0 Å². The summed E-state index contributed by atoms with van der Waals surface area (Å²) in [5, 5.41) is 12.3. The molecule has 0 aliphatic heterocycles. The molecule has 0 aliphatic carbocycles. The SMILES string of the molecule is CNC(=O)CCN(C)c1ccccc1C(C)O. The number of aliphatic hydroxyl groups is 1. The second-order valence-electron chi connectivity index (χ2n) is 4.08. The number of carbonyl (C=O) groups is 1. The Hall–Kier alpha value is -1.55. The average Bonchev–Trinajstić information content (AvgIpc) is 2.35. The summed E-state index contributed by atoms with van der Waals surface area (Å²) in [5.41, 5.74) is 1.85. The molecule has 0 spiro atoms. The lowest BCUT2D eigenvalue weighted by atomic mass is 10.1. The van der Waals surface area contributed by atoms with Crippen molar-refractivity contribution in [2.45, 2.75) is 19.4 Å². The number of para-hydroxylation sites is 1. The molecule has 1 rings (SSSR count). The van der Waals surface area contributed by atoms with Crippen LogP contribution >= 0.6 is 0 Å². The van der Waals surface area contributed by atoms with Crippen LogP contribution in [-0.4, -0.2) is 31.7 Å². The first-order valence-corrected chi connectivity index (χ1v) is 5.75.